The quantitative estimate of drug-likeness (QED) is 0.309. The molecular weight excluding hydrogens is 278 g/mol. The summed E-state index contributed by atoms with van der Waals surface area (Å²) in [6.07, 6.45) is 10.0. The Hall–Kier alpha value is -2.50. The van der Waals surface area contributed by atoms with Crippen molar-refractivity contribution in [2.45, 2.75) is 33.6 Å². The Labute approximate surface area is 131 Å². The minimum Gasteiger partial charge on any atom is -0.508 e. The molecule has 0 aliphatic rings. The Morgan fingerprint density at radius 2 is 2.23 bits per heavy atom. The van der Waals surface area contributed by atoms with E-state index in [1.54, 1.807) is 30.5 Å². The number of rotatable bonds is 7. The van der Waals surface area contributed by atoms with Gasteiger partial charge in [-0.25, -0.2) is 14.7 Å². The van der Waals surface area contributed by atoms with Crippen LogP contribution in [0, 0.1) is 0 Å². The molecule has 1 aromatic rings. The highest BCUT2D eigenvalue weighted by molar-refractivity contribution is 5.16. The third-order valence-electron chi connectivity index (χ3n) is 2.96. The summed E-state index contributed by atoms with van der Waals surface area (Å²) in [6.45, 7) is 6.30. The summed E-state index contributed by atoms with van der Waals surface area (Å²) in [5, 5.41) is 12.4. The smallest absolute Gasteiger partial charge is 0.245 e. The zero-order chi connectivity index (χ0) is 16.4. The molecule has 0 unspecified atom stereocenters. The molecular formula is C16H25N5O. The molecule has 4 N–H and O–H groups in total. The first-order chi connectivity index (χ1) is 10.6. The molecule has 6 heteroatoms. The predicted molar refractivity (Wildman–Crippen MR) is 89.4 cm³/mol. The fourth-order valence-corrected chi connectivity index (χ4v) is 1.78. The minimum absolute atomic E-state index is 0.196. The van der Waals surface area contributed by atoms with Crippen LogP contribution in [0.5, 0.6) is 0 Å². The molecule has 0 atom stereocenters. The Kier molecular flexibility index (Phi) is 7.53. The van der Waals surface area contributed by atoms with E-state index in [1.165, 1.54) is 4.68 Å². The van der Waals surface area contributed by atoms with Crippen LogP contribution in [-0.4, -0.2) is 21.4 Å². The van der Waals surface area contributed by atoms with Gasteiger partial charge in [-0.15, -0.1) is 0 Å². The first kappa shape index (κ1) is 17.6. The van der Waals surface area contributed by atoms with Gasteiger partial charge in [-0.2, -0.15) is 0 Å². The van der Waals surface area contributed by atoms with Crippen molar-refractivity contribution in [2.75, 3.05) is 12.5 Å². The van der Waals surface area contributed by atoms with Crippen LogP contribution in [0.1, 0.15) is 32.2 Å². The van der Waals surface area contributed by atoms with Crippen LogP contribution in [0.25, 0.3) is 0 Å². The molecule has 1 heterocycles. The Balaban J connectivity index is 2.75. The molecule has 0 aromatic carbocycles. The van der Waals surface area contributed by atoms with Gasteiger partial charge in [0.25, 0.3) is 0 Å². The molecule has 1 rings (SSSR count). The summed E-state index contributed by atoms with van der Waals surface area (Å²) < 4.78 is 1.52. The summed E-state index contributed by atoms with van der Waals surface area (Å²) >= 11 is 0. The molecule has 120 valence electrons. The van der Waals surface area contributed by atoms with E-state index in [0.29, 0.717) is 12.3 Å². The molecule has 0 fully saturated rings. The van der Waals surface area contributed by atoms with Crippen LogP contribution in [0.3, 0.4) is 0 Å². The van der Waals surface area contributed by atoms with Gasteiger partial charge in [0, 0.05) is 11.4 Å². The standard InChI is InChI=1S/C16H25N5O/c1-4-8-15(22)9-7-10-18-12-19-16-20-13(5-2)11-14(6-3)21(16)17/h4,7-11,18,22H,5-6,12,17H2,1-3H3/b8-4-,10-7+,15-9+,19-16-. The minimum atomic E-state index is 0.196. The molecule has 0 saturated heterocycles. The maximum Gasteiger partial charge on any atom is 0.245 e. The number of nitrogens with zero attached hydrogens (tertiary/aromatic N) is 3. The first-order valence-corrected chi connectivity index (χ1v) is 7.41. The van der Waals surface area contributed by atoms with Crippen molar-refractivity contribution in [3.05, 3.63) is 59.3 Å². The van der Waals surface area contributed by atoms with Crippen molar-refractivity contribution in [3.8, 4) is 0 Å². The van der Waals surface area contributed by atoms with E-state index in [-0.39, 0.29) is 5.76 Å². The number of nitrogen functional groups attached to an aromatic ring is 1. The second kappa shape index (κ2) is 9.44. The van der Waals surface area contributed by atoms with Gasteiger partial charge in [-0.05, 0) is 50.3 Å². The summed E-state index contributed by atoms with van der Waals surface area (Å²) in [5.41, 5.74) is 2.48. The fourth-order valence-electron chi connectivity index (χ4n) is 1.78. The van der Waals surface area contributed by atoms with E-state index in [1.807, 2.05) is 19.9 Å². The molecule has 0 spiro atoms. The maximum absolute atomic E-state index is 9.38. The number of aliphatic hydroxyl groups excluding tert-OH is 1. The van der Waals surface area contributed by atoms with Gasteiger partial charge in [0.15, 0.2) is 0 Å². The molecule has 0 amide bonds. The molecule has 1 aromatic heterocycles. The van der Waals surface area contributed by atoms with Crippen molar-refractivity contribution in [1.82, 2.24) is 15.0 Å². The summed E-state index contributed by atoms with van der Waals surface area (Å²) in [6, 6.07) is 2.00. The van der Waals surface area contributed by atoms with Crippen molar-refractivity contribution >= 4 is 0 Å². The fraction of sp³-hybridized carbons (Fsp3) is 0.375. The molecule has 0 saturated carbocycles. The highest BCUT2D eigenvalue weighted by Gasteiger charge is 2.01. The van der Waals surface area contributed by atoms with Crippen molar-refractivity contribution < 1.29 is 5.11 Å². The van der Waals surface area contributed by atoms with E-state index in [0.717, 1.165) is 24.2 Å². The number of aromatic nitrogens is 2. The number of hydrogen-bond donors (Lipinski definition) is 3. The molecule has 6 nitrogen and oxygen atoms in total. The lowest BCUT2D eigenvalue weighted by Crippen LogP contribution is -2.35. The summed E-state index contributed by atoms with van der Waals surface area (Å²) in [5.74, 6) is 6.19. The summed E-state index contributed by atoms with van der Waals surface area (Å²) in [4.78, 5) is 8.76. The Bertz CT molecular complexity index is 626. The maximum atomic E-state index is 9.38. The normalized spacial score (nSPS) is 13.4. The lowest BCUT2D eigenvalue weighted by Gasteiger charge is -2.08. The van der Waals surface area contributed by atoms with E-state index in [9.17, 15) is 5.11 Å². The Morgan fingerprint density at radius 1 is 1.45 bits per heavy atom. The van der Waals surface area contributed by atoms with Crippen LogP contribution in [0.15, 0.2) is 47.3 Å². The van der Waals surface area contributed by atoms with Gasteiger partial charge in [0.1, 0.15) is 12.4 Å². The average molecular weight is 303 g/mol. The van der Waals surface area contributed by atoms with Crippen LogP contribution < -0.4 is 16.8 Å². The van der Waals surface area contributed by atoms with Crippen molar-refractivity contribution in [1.29, 1.82) is 0 Å². The van der Waals surface area contributed by atoms with Gasteiger partial charge < -0.3 is 16.3 Å². The number of aryl methyl sites for hydroxylation is 2. The topological polar surface area (TPSA) is 88.5 Å². The predicted octanol–water partition coefficient (Wildman–Crippen LogP) is 1.70. The lowest BCUT2D eigenvalue weighted by atomic mass is 10.2. The van der Waals surface area contributed by atoms with Gasteiger partial charge in [-0.1, -0.05) is 19.9 Å². The number of hydrogen-bond acceptors (Lipinski definition) is 5. The molecule has 0 radical (unpaired) electrons. The number of nitrogens with two attached hydrogens (primary N) is 1. The third-order valence-corrected chi connectivity index (χ3v) is 2.96. The number of nitrogens with one attached hydrogen (secondary N) is 1. The molecule has 0 aliphatic carbocycles. The zero-order valence-corrected chi connectivity index (χ0v) is 13.5. The van der Waals surface area contributed by atoms with E-state index < -0.39 is 0 Å². The molecule has 0 bridgehead atoms. The largest absolute Gasteiger partial charge is 0.508 e. The number of aliphatic hydroxyl groups is 1. The second-order valence-electron chi connectivity index (χ2n) is 4.59. The molecule has 0 aliphatic heterocycles. The van der Waals surface area contributed by atoms with E-state index in [4.69, 9.17) is 5.84 Å². The van der Waals surface area contributed by atoms with Gasteiger partial charge >= 0.3 is 0 Å². The van der Waals surface area contributed by atoms with Crippen molar-refractivity contribution in [2.24, 2.45) is 4.99 Å². The Morgan fingerprint density at radius 3 is 2.86 bits per heavy atom. The van der Waals surface area contributed by atoms with Gasteiger partial charge in [-0.3, -0.25) is 0 Å². The highest BCUT2D eigenvalue weighted by Crippen LogP contribution is 1.98. The van der Waals surface area contributed by atoms with Crippen molar-refractivity contribution in [3.63, 3.8) is 0 Å². The van der Waals surface area contributed by atoms with Crippen LogP contribution >= 0.6 is 0 Å². The van der Waals surface area contributed by atoms with E-state index >= 15 is 0 Å². The van der Waals surface area contributed by atoms with E-state index in [2.05, 4.69) is 22.2 Å². The second-order valence-corrected chi connectivity index (χ2v) is 4.59. The third kappa shape index (κ3) is 5.47. The lowest BCUT2D eigenvalue weighted by molar-refractivity contribution is 0.432. The average Bonchev–Trinajstić information content (AvgIpc) is 2.52. The van der Waals surface area contributed by atoms with Gasteiger partial charge in [0.2, 0.25) is 5.62 Å². The SMILES string of the molecule is C\C=C/C(O)=C\C=C\NC/N=c1/nc(CC)cc(CC)n1N. The monoisotopic (exact) mass is 303 g/mol. The summed E-state index contributed by atoms with van der Waals surface area (Å²) in [7, 11) is 0. The number of allylic oxidation sites excluding steroid dienone is 4. The zero-order valence-electron chi connectivity index (χ0n) is 13.5. The van der Waals surface area contributed by atoms with Gasteiger partial charge in [0.05, 0.1) is 0 Å². The van der Waals surface area contributed by atoms with Crippen LogP contribution in [0.2, 0.25) is 0 Å². The highest BCUT2D eigenvalue weighted by atomic mass is 16.3. The first-order valence-electron chi connectivity index (χ1n) is 7.41. The van der Waals surface area contributed by atoms with Crippen LogP contribution in [0.4, 0.5) is 0 Å². The molecule has 22 heavy (non-hydrogen) atoms. The van der Waals surface area contributed by atoms with Crippen LogP contribution in [-0.2, 0) is 12.8 Å².